The van der Waals surface area contributed by atoms with E-state index in [0.717, 1.165) is 5.56 Å². The second-order valence-electron chi connectivity index (χ2n) is 6.78. The minimum absolute atomic E-state index is 0.0230. The summed E-state index contributed by atoms with van der Waals surface area (Å²) >= 11 is 24.2. The summed E-state index contributed by atoms with van der Waals surface area (Å²) in [7, 11) is 0. The first-order valence-electron chi connectivity index (χ1n) is 8.86. The molecule has 1 aliphatic heterocycles. The van der Waals surface area contributed by atoms with E-state index < -0.39 is 0 Å². The van der Waals surface area contributed by atoms with Crippen molar-refractivity contribution in [1.82, 2.24) is 5.32 Å². The number of hydrogen-bond donors (Lipinski definition) is 2. The molecule has 1 heterocycles. The van der Waals surface area contributed by atoms with Crippen LogP contribution in [0.3, 0.4) is 0 Å². The van der Waals surface area contributed by atoms with Gasteiger partial charge in [0.15, 0.2) is 0 Å². The molecule has 1 unspecified atom stereocenters. The van der Waals surface area contributed by atoms with Gasteiger partial charge in [-0.3, -0.25) is 4.79 Å². The van der Waals surface area contributed by atoms with Gasteiger partial charge in [0, 0.05) is 18.2 Å². The molecule has 3 rings (SSSR count). The second-order valence-corrected chi connectivity index (χ2v) is 8.40. The van der Waals surface area contributed by atoms with Gasteiger partial charge in [0.05, 0.1) is 26.0 Å². The van der Waals surface area contributed by atoms with E-state index in [-0.39, 0.29) is 24.3 Å². The normalized spacial score (nSPS) is 18.4. The Kier molecular flexibility index (Phi) is 7.06. The molecule has 2 N–H and O–H groups in total. The number of carbonyl (C=O) groups is 1. The molecule has 0 spiro atoms. The van der Waals surface area contributed by atoms with Gasteiger partial charge in [0.1, 0.15) is 5.84 Å². The molecule has 1 aliphatic rings. The van der Waals surface area contributed by atoms with Crippen molar-refractivity contribution in [2.24, 2.45) is 9.98 Å². The molecule has 0 saturated carbocycles. The third-order valence-electron chi connectivity index (χ3n) is 4.12. The topological polar surface area (TPSA) is 65.8 Å². The molecule has 1 fully saturated rings. The van der Waals surface area contributed by atoms with Crippen LogP contribution in [0.2, 0.25) is 20.1 Å². The average Bonchev–Trinajstić information content (AvgIpc) is 3.00. The summed E-state index contributed by atoms with van der Waals surface area (Å²) in [5.41, 5.74) is 1.52. The van der Waals surface area contributed by atoms with Gasteiger partial charge in [-0.05, 0) is 49.7 Å². The number of amidine groups is 1. The van der Waals surface area contributed by atoms with Crippen molar-refractivity contribution in [2.75, 3.05) is 5.32 Å². The molecule has 2 aromatic rings. The molecular weight excluding hydrogens is 454 g/mol. The van der Waals surface area contributed by atoms with Gasteiger partial charge in [-0.25, -0.2) is 4.99 Å². The van der Waals surface area contributed by atoms with Crippen LogP contribution in [0, 0.1) is 0 Å². The van der Waals surface area contributed by atoms with E-state index in [0.29, 0.717) is 37.6 Å². The maximum Gasteiger partial charge on any atom is 0.226 e. The van der Waals surface area contributed by atoms with Crippen molar-refractivity contribution < 1.29 is 4.79 Å². The number of halogens is 4. The number of hydrogen-bond acceptors (Lipinski definition) is 2. The van der Waals surface area contributed by atoms with Crippen molar-refractivity contribution in [3.8, 4) is 0 Å². The molecule has 0 bridgehead atoms. The Morgan fingerprint density at radius 3 is 2.31 bits per heavy atom. The predicted octanol–water partition coefficient (Wildman–Crippen LogP) is 6.18. The highest BCUT2D eigenvalue weighted by molar-refractivity contribution is 6.42. The maximum absolute atomic E-state index is 12.1. The maximum atomic E-state index is 12.1. The Labute approximate surface area is 189 Å². The zero-order chi connectivity index (χ0) is 21.1. The predicted molar refractivity (Wildman–Crippen MR) is 122 cm³/mol. The summed E-state index contributed by atoms with van der Waals surface area (Å²) in [6, 6.07) is 10.4. The number of anilines is 1. The van der Waals surface area contributed by atoms with E-state index in [1.807, 2.05) is 19.9 Å². The first-order chi connectivity index (χ1) is 13.7. The molecule has 0 radical (unpaired) electrons. The Hall–Kier alpha value is -1.79. The standard InChI is InChI=1S/C20H18Cl4N4O/c1-10(2)25-20(26-12-4-6-15(22)17(24)8-12)28-19-13(9-18(29)27-19)11-3-5-14(21)16(23)7-11/h3-8,10,13H,9H2,1-2H3,(H2,25,26,27,28,29). The van der Waals surface area contributed by atoms with E-state index in [2.05, 4.69) is 20.6 Å². The van der Waals surface area contributed by atoms with Crippen molar-refractivity contribution in [1.29, 1.82) is 0 Å². The summed E-state index contributed by atoms with van der Waals surface area (Å²) in [6.07, 6.45) is 0.262. The van der Waals surface area contributed by atoms with Gasteiger partial charge < -0.3 is 10.6 Å². The molecule has 0 aromatic heterocycles. The van der Waals surface area contributed by atoms with Gasteiger partial charge in [0.25, 0.3) is 0 Å². The number of carbonyl (C=O) groups excluding carboxylic acids is 1. The zero-order valence-corrected chi connectivity index (χ0v) is 18.7. The minimum Gasteiger partial charge on any atom is -0.324 e. The van der Waals surface area contributed by atoms with Crippen LogP contribution in [-0.4, -0.2) is 23.7 Å². The van der Waals surface area contributed by atoms with E-state index in [1.54, 1.807) is 30.3 Å². The molecule has 152 valence electrons. The van der Waals surface area contributed by atoms with Gasteiger partial charge >= 0.3 is 0 Å². The number of nitrogens with one attached hydrogen (secondary N) is 2. The van der Waals surface area contributed by atoms with E-state index in [1.165, 1.54) is 0 Å². The Balaban J connectivity index is 1.95. The van der Waals surface area contributed by atoms with Gasteiger partial charge in [0.2, 0.25) is 11.9 Å². The van der Waals surface area contributed by atoms with Crippen molar-refractivity contribution >= 4 is 69.8 Å². The third-order valence-corrected chi connectivity index (χ3v) is 5.59. The Morgan fingerprint density at radius 2 is 1.69 bits per heavy atom. The largest absolute Gasteiger partial charge is 0.324 e. The SMILES string of the molecule is CC(C)N=C(/N=C1/NC(=O)CC1c1ccc(Cl)c(Cl)c1)Nc1ccc(Cl)c(Cl)c1. The van der Waals surface area contributed by atoms with Crippen LogP contribution in [0.25, 0.3) is 0 Å². The lowest BCUT2D eigenvalue weighted by Crippen LogP contribution is -2.25. The van der Waals surface area contributed by atoms with Crippen molar-refractivity contribution in [3.63, 3.8) is 0 Å². The Morgan fingerprint density at radius 1 is 1.03 bits per heavy atom. The van der Waals surface area contributed by atoms with Crippen LogP contribution in [0.4, 0.5) is 5.69 Å². The fourth-order valence-electron chi connectivity index (χ4n) is 2.82. The first kappa shape index (κ1) is 21.9. The van der Waals surface area contributed by atoms with Crippen LogP contribution in [0.1, 0.15) is 31.7 Å². The zero-order valence-electron chi connectivity index (χ0n) is 15.6. The molecule has 1 saturated heterocycles. The molecule has 1 amide bonds. The van der Waals surface area contributed by atoms with E-state index in [9.17, 15) is 4.79 Å². The molecule has 9 heteroatoms. The lowest BCUT2D eigenvalue weighted by atomic mass is 9.97. The van der Waals surface area contributed by atoms with Crippen LogP contribution in [-0.2, 0) is 4.79 Å². The number of aliphatic imine (C=N–C) groups is 2. The lowest BCUT2D eigenvalue weighted by molar-refractivity contribution is -0.118. The number of guanidine groups is 1. The quantitative estimate of drug-likeness (QED) is 0.414. The number of amides is 1. The van der Waals surface area contributed by atoms with Gasteiger partial charge in [-0.15, -0.1) is 0 Å². The van der Waals surface area contributed by atoms with Crippen molar-refractivity contribution in [2.45, 2.75) is 32.2 Å². The third kappa shape index (κ3) is 5.64. The number of rotatable bonds is 3. The van der Waals surface area contributed by atoms with Gasteiger partial charge in [-0.1, -0.05) is 52.5 Å². The second kappa shape index (κ2) is 9.35. The summed E-state index contributed by atoms with van der Waals surface area (Å²) in [4.78, 5) is 21.2. The number of benzene rings is 2. The number of nitrogens with zero attached hydrogens (tertiary/aromatic N) is 2. The first-order valence-corrected chi connectivity index (χ1v) is 10.4. The highest BCUT2D eigenvalue weighted by atomic mass is 35.5. The van der Waals surface area contributed by atoms with Crippen molar-refractivity contribution in [3.05, 3.63) is 62.1 Å². The van der Waals surface area contributed by atoms with Gasteiger partial charge in [-0.2, -0.15) is 4.99 Å². The average molecular weight is 472 g/mol. The van der Waals surface area contributed by atoms with Crippen LogP contribution >= 0.6 is 46.4 Å². The monoisotopic (exact) mass is 470 g/mol. The summed E-state index contributed by atoms with van der Waals surface area (Å²) < 4.78 is 0. The van der Waals surface area contributed by atoms with Crippen LogP contribution < -0.4 is 10.6 Å². The molecule has 1 atom stereocenters. The molecular formula is C20H18Cl4N4O. The molecule has 5 nitrogen and oxygen atoms in total. The molecule has 29 heavy (non-hydrogen) atoms. The minimum atomic E-state index is -0.273. The summed E-state index contributed by atoms with van der Waals surface area (Å²) in [5.74, 6) is 0.435. The summed E-state index contributed by atoms with van der Waals surface area (Å²) in [5, 5.41) is 7.69. The fourth-order valence-corrected chi connectivity index (χ4v) is 3.43. The van der Waals surface area contributed by atoms with Crippen LogP contribution in [0.5, 0.6) is 0 Å². The smallest absolute Gasteiger partial charge is 0.226 e. The highest BCUT2D eigenvalue weighted by Gasteiger charge is 2.31. The molecule has 2 aromatic carbocycles. The molecule has 0 aliphatic carbocycles. The van der Waals surface area contributed by atoms with Crippen LogP contribution in [0.15, 0.2) is 46.4 Å². The highest BCUT2D eigenvalue weighted by Crippen LogP contribution is 2.31. The van der Waals surface area contributed by atoms with E-state index >= 15 is 0 Å². The lowest BCUT2D eigenvalue weighted by Gasteiger charge is -2.13. The Bertz CT molecular complexity index is 1000. The van der Waals surface area contributed by atoms with E-state index in [4.69, 9.17) is 46.4 Å². The fraction of sp³-hybridized carbons (Fsp3) is 0.250. The summed E-state index contributed by atoms with van der Waals surface area (Å²) in [6.45, 7) is 3.86.